The summed E-state index contributed by atoms with van der Waals surface area (Å²) in [6.07, 6.45) is 0.220. The maximum atomic E-state index is 13.4. The molecule has 0 aliphatic carbocycles. The van der Waals surface area contributed by atoms with Crippen molar-refractivity contribution in [3.8, 4) is 0 Å². The average Bonchev–Trinajstić information content (AvgIpc) is 3.02. The van der Waals surface area contributed by atoms with Gasteiger partial charge >= 0.3 is 0 Å². The second-order valence-corrected chi connectivity index (χ2v) is 10.0. The molecule has 1 aliphatic heterocycles. The predicted octanol–water partition coefficient (Wildman–Crippen LogP) is 1.34. The lowest BCUT2D eigenvalue weighted by Gasteiger charge is -2.34. The van der Waals surface area contributed by atoms with E-state index in [4.69, 9.17) is 0 Å². The molecule has 0 radical (unpaired) electrons. The van der Waals surface area contributed by atoms with Crippen LogP contribution < -0.4 is 16.1 Å². The number of carbonyl (C=O) groups is 5. The zero-order chi connectivity index (χ0) is 25.8. The zero-order valence-electron chi connectivity index (χ0n) is 20.5. The van der Waals surface area contributed by atoms with Crippen molar-refractivity contribution in [3.63, 3.8) is 0 Å². The van der Waals surface area contributed by atoms with Gasteiger partial charge in [0, 0.05) is 13.6 Å². The highest BCUT2D eigenvalue weighted by molar-refractivity contribution is 6.21. The van der Waals surface area contributed by atoms with E-state index in [0.29, 0.717) is 0 Å². The summed E-state index contributed by atoms with van der Waals surface area (Å²) >= 11 is 0. The number of nitrogens with zero attached hydrogens (tertiary/aromatic N) is 1. The smallest absolute Gasteiger partial charge is 0.261 e. The molecule has 1 heterocycles. The van der Waals surface area contributed by atoms with Crippen LogP contribution in [0.15, 0.2) is 24.3 Å². The third-order valence-electron chi connectivity index (χ3n) is 5.91. The molecule has 0 fully saturated rings. The molecule has 1 aromatic carbocycles. The van der Waals surface area contributed by atoms with E-state index in [-0.39, 0.29) is 23.5 Å². The number of hydrogen-bond acceptors (Lipinski definition) is 6. The maximum Gasteiger partial charge on any atom is 0.261 e. The Morgan fingerprint density at radius 3 is 1.88 bits per heavy atom. The fourth-order valence-corrected chi connectivity index (χ4v) is 4.11. The summed E-state index contributed by atoms with van der Waals surface area (Å²) in [5.41, 5.74) is 1.37. The minimum Gasteiger partial charge on any atom is -0.357 e. The third-order valence-corrected chi connectivity index (χ3v) is 5.91. The minimum absolute atomic E-state index is 0.0417. The molecular formula is C24H34N4O6. The highest BCUT2D eigenvalue weighted by Gasteiger charge is 2.43. The summed E-state index contributed by atoms with van der Waals surface area (Å²) in [4.78, 5) is 65.2. The molecule has 1 aromatic rings. The van der Waals surface area contributed by atoms with E-state index in [9.17, 15) is 29.2 Å². The van der Waals surface area contributed by atoms with Gasteiger partial charge in [0.15, 0.2) is 0 Å². The van der Waals surface area contributed by atoms with Crippen LogP contribution in [-0.2, 0) is 14.4 Å². The molecule has 0 saturated carbocycles. The minimum atomic E-state index is -1.24. The largest absolute Gasteiger partial charge is 0.357 e. The summed E-state index contributed by atoms with van der Waals surface area (Å²) in [5, 5.41) is 14.7. The summed E-state index contributed by atoms with van der Waals surface area (Å²) < 4.78 is 0. The third kappa shape index (κ3) is 5.80. The molecule has 0 bridgehead atoms. The maximum absolute atomic E-state index is 13.4. The average molecular weight is 475 g/mol. The monoisotopic (exact) mass is 474 g/mol. The van der Waals surface area contributed by atoms with Gasteiger partial charge in [-0.3, -0.25) is 34.1 Å². The van der Waals surface area contributed by atoms with Gasteiger partial charge in [0.25, 0.3) is 11.8 Å². The van der Waals surface area contributed by atoms with Crippen molar-refractivity contribution in [2.75, 3.05) is 13.6 Å². The zero-order valence-corrected chi connectivity index (χ0v) is 20.5. The molecule has 10 heteroatoms. The van der Waals surface area contributed by atoms with Crippen molar-refractivity contribution >= 4 is 29.5 Å². The molecule has 0 unspecified atom stereocenters. The number of nitrogens with one attached hydrogen (secondary N) is 3. The van der Waals surface area contributed by atoms with Crippen molar-refractivity contribution in [1.82, 2.24) is 21.0 Å². The van der Waals surface area contributed by atoms with Crippen LogP contribution in [0.3, 0.4) is 0 Å². The number of imide groups is 1. The second kappa shape index (κ2) is 10.8. The molecule has 10 nitrogen and oxygen atoms in total. The summed E-state index contributed by atoms with van der Waals surface area (Å²) in [5.74, 6) is -5.32. The first-order valence-corrected chi connectivity index (χ1v) is 11.2. The van der Waals surface area contributed by atoms with E-state index in [1.807, 2.05) is 13.8 Å². The number of hydroxylamine groups is 1. The van der Waals surface area contributed by atoms with Crippen LogP contribution in [0.5, 0.6) is 0 Å². The molecule has 1 aliphatic rings. The lowest BCUT2D eigenvalue weighted by Crippen LogP contribution is -2.56. The van der Waals surface area contributed by atoms with Gasteiger partial charge in [0.1, 0.15) is 6.04 Å². The Hall–Kier alpha value is -3.27. The number of hydrogen-bond donors (Lipinski definition) is 4. The molecular weight excluding hydrogens is 440 g/mol. The Labute approximate surface area is 199 Å². The van der Waals surface area contributed by atoms with Crippen molar-refractivity contribution in [2.24, 2.45) is 23.2 Å². The number of benzene rings is 1. The Morgan fingerprint density at radius 1 is 0.941 bits per heavy atom. The summed E-state index contributed by atoms with van der Waals surface area (Å²) in [6, 6.07) is 5.41. The lowest BCUT2D eigenvalue weighted by atomic mass is 9.81. The number of carbonyl (C=O) groups excluding carboxylic acids is 5. The molecule has 4 N–H and O–H groups in total. The first-order valence-electron chi connectivity index (χ1n) is 11.2. The quantitative estimate of drug-likeness (QED) is 0.241. The Kier molecular flexibility index (Phi) is 8.55. The van der Waals surface area contributed by atoms with E-state index >= 15 is 0 Å². The van der Waals surface area contributed by atoms with Gasteiger partial charge in [0.2, 0.25) is 17.7 Å². The van der Waals surface area contributed by atoms with Crippen molar-refractivity contribution in [1.29, 1.82) is 0 Å². The number of amides is 5. The molecule has 2 rings (SSSR count). The highest BCUT2D eigenvalue weighted by atomic mass is 16.5. The van der Waals surface area contributed by atoms with E-state index in [1.165, 1.54) is 19.2 Å². The predicted molar refractivity (Wildman–Crippen MR) is 124 cm³/mol. The van der Waals surface area contributed by atoms with E-state index in [1.54, 1.807) is 38.4 Å². The molecule has 34 heavy (non-hydrogen) atoms. The molecule has 0 saturated heterocycles. The van der Waals surface area contributed by atoms with Crippen molar-refractivity contribution in [2.45, 2.75) is 47.1 Å². The SMILES string of the molecule is CNC(=O)[C@H](NC(=O)[C@H](CC(C)C)[C@@H](CN1C(=O)c2ccccc2C1=O)C(=O)NO)C(C)(C)C. The van der Waals surface area contributed by atoms with Gasteiger partial charge in [-0.15, -0.1) is 0 Å². The second-order valence-electron chi connectivity index (χ2n) is 10.0. The number of likely N-dealkylation sites (N-methyl/N-ethyl adjacent to an activating group) is 1. The topological polar surface area (TPSA) is 145 Å². The van der Waals surface area contributed by atoms with E-state index in [2.05, 4.69) is 10.6 Å². The molecule has 186 valence electrons. The van der Waals surface area contributed by atoms with Gasteiger partial charge in [-0.1, -0.05) is 46.8 Å². The summed E-state index contributed by atoms with van der Waals surface area (Å²) in [6.45, 7) is 8.69. The molecule has 3 atom stereocenters. The molecule has 5 amide bonds. The Bertz CT molecular complexity index is 933. The van der Waals surface area contributed by atoms with E-state index in [0.717, 1.165) is 4.90 Å². The highest BCUT2D eigenvalue weighted by Crippen LogP contribution is 2.29. The van der Waals surface area contributed by atoms with Gasteiger partial charge in [-0.25, -0.2) is 5.48 Å². The van der Waals surface area contributed by atoms with Crippen molar-refractivity contribution in [3.05, 3.63) is 35.4 Å². The number of fused-ring (bicyclic) bond motifs is 1. The fraction of sp³-hybridized carbons (Fsp3) is 0.542. The van der Waals surface area contributed by atoms with Gasteiger partial charge in [0.05, 0.1) is 23.0 Å². The van der Waals surface area contributed by atoms with Gasteiger partial charge < -0.3 is 10.6 Å². The van der Waals surface area contributed by atoms with Crippen molar-refractivity contribution < 1.29 is 29.2 Å². The Balaban J connectivity index is 2.40. The first kappa shape index (κ1) is 27.0. The standard InChI is InChI=1S/C24H34N4O6/c1-13(2)11-16(19(29)26-18(21(31)25-6)24(3,4)5)17(20(30)27-34)12-28-22(32)14-9-7-8-10-15(14)23(28)33/h7-10,13,16-18,34H,11-12H2,1-6H3,(H,25,31)(H,26,29)(H,27,30)/t16-,17-,18+/m1/s1. The van der Waals surface area contributed by atoms with Crippen LogP contribution in [0, 0.1) is 23.2 Å². The van der Waals surface area contributed by atoms with Gasteiger partial charge in [-0.05, 0) is 29.9 Å². The van der Waals surface area contributed by atoms with Crippen LogP contribution in [0.4, 0.5) is 0 Å². The number of rotatable bonds is 9. The van der Waals surface area contributed by atoms with E-state index < -0.39 is 59.4 Å². The van der Waals surface area contributed by atoms with Gasteiger partial charge in [-0.2, -0.15) is 0 Å². The Morgan fingerprint density at radius 2 is 1.47 bits per heavy atom. The normalized spacial score (nSPS) is 16.1. The van der Waals surface area contributed by atoms with Crippen LogP contribution in [0.25, 0.3) is 0 Å². The van der Waals surface area contributed by atoms with Crippen LogP contribution in [-0.4, -0.2) is 59.3 Å². The first-order chi connectivity index (χ1) is 15.8. The summed E-state index contributed by atoms with van der Waals surface area (Å²) in [7, 11) is 1.46. The van der Waals surface area contributed by atoms with Crippen LogP contribution in [0.2, 0.25) is 0 Å². The van der Waals surface area contributed by atoms with Crippen LogP contribution >= 0.6 is 0 Å². The molecule has 0 spiro atoms. The lowest BCUT2D eigenvalue weighted by molar-refractivity contribution is -0.142. The fourth-order valence-electron chi connectivity index (χ4n) is 4.11. The van der Waals surface area contributed by atoms with Crippen LogP contribution in [0.1, 0.15) is 61.8 Å². The molecule has 0 aromatic heterocycles.